The predicted molar refractivity (Wildman–Crippen MR) is 77.6 cm³/mol. The number of rotatable bonds is 3. The monoisotopic (exact) mass is 249 g/mol. The first-order chi connectivity index (χ1) is 9.10. The number of hydrogen-bond donors (Lipinski definition) is 1. The molecule has 0 aliphatic heterocycles. The van der Waals surface area contributed by atoms with E-state index >= 15 is 0 Å². The van der Waals surface area contributed by atoms with Crippen molar-refractivity contribution in [3.05, 3.63) is 59.9 Å². The summed E-state index contributed by atoms with van der Waals surface area (Å²) in [7, 11) is 0. The molecular weight excluding hydrogens is 234 g/mol. The molecule has 0 atom stereocenters. The maximum atomic E-state index is 8.92. The number of nitrogens with one attached hydrogen (secondary N) is 1. The minimum absolute atomic E-state index is 0.652. The lowest BCUT2D eigenvalue weighted by Gasteiger charge is -2.09. The summed E-state index contributed by atoms with van der Waals surface area (Å²) in [6.45, 7) is 7.70. The first-order valence-corrected chi connectivity index (χ1v) is 6.00. The van der Waals surface area contributed by atoms with E-state index in [-0.39, 0.29) is 0 Å². The average Bonchev–Trinajstić information content (AvgIpc) is 2.40. The van der Waals surface area contributed by atoms with Gasteiger partial charge in [0.05, 0.1) is 11.6 Å². The first kappa shape index (κ1) is 12.8. The van der Waals surface area contributed by atoms with E-state index in [0.717, 1.165) is 28.2 Å². The topological polar surface area (TPSA) is 48.7 Å². The molecule has 94 valence electrons. The smallest absolute Gasteiger partial charge is 0.132 e. The average molecular weight is 249 g/mol. The zero-order chi connectivity index (χ0) is 13.8. The van der Waals surface area contributed by atoms with Gasteiger partial charge in [0.25, 0.3) is 0 Å². The third-order valence-corrected chi connectivity index (χ3v) is 2.74. The Hall–Kier alpha value is -2.60. The van der Waals surface area contributed by atoms with Gasteiger partial charge in [0.1, 0.15) is 5.82 Å². The summed E-state index contributed by atoms with van der Waals surface area (Å²) in [6.07, 6.45) is 1.80. The Balaban J connectivity index is 2.39. The zero-order valence-electron chi connectivity index (χ0n) is 11.1. The van der Waals surface area contributed by atoms with E-state index in [4.69, 9.17) is 5.26 Å². The second-order valence-corrected chi connectivity index (χ2v) is 4.49. The van der Waals surface area contributed by atoms with Gasteiger partial charge in [0.15, 0.2) is 0 Å². The van der Waals surface area contributed by atoms with E-state index in [1.54, 1.807) is 12.3 Å². The third-order valence-electron chi connectivity index (χ3n) is 2.74. The molecule has 0 saturated carbocycles. The van der Waals surface area contributed by atoms with E-state index < -0.39 is 0 Å². The summed E-state index contributed by atoms with van der Waals surface area (Å²) in [5, 5.41) is 12.0. The minimum atomic E-state index is 0.652. The van der Waals surface area contributed by atoms with Crippen molar-refractivity contribution >= 4 is 5.82 Å². The maximum Gasteiger partial charge on any atom is 0.132 e. The van der Waals surface area contributed by atoms with Gasteiger partial charge in [0, 0.05) is 17.5 Å². The first-order valence-electron chi connectivity index (χ1n) is 6.00. The second kappa shape index (κ2) is 5.36. The van der Waals surface area contributed by atoms with E-state index in [0.29, 0.717) is 5.56 Å². The van der Waals surface area contributed by atoms with Gasteiger partial charge in [-0.3, -0.25) is 0 Å². The molecule has 0 amide bonds. The Morgan fingerprint density at radius 1 is 1.32 bits per heavy atom. The number of hydrogen-bond acceptors (Lipinski definition) is 3. The number of nitriles is 1. The molecule has 19 heavy (non-hydrogen) atoms. The van der Waals surface area contributed by atoms with Crippen molar-refractivity contribution in [1.29, 1.82) is 5.26 Å². The van der Waals surface area contributed by atoms with Crippen molar-refractivity contribution in [3.8, 4) is 17.2 Å². The van der Waals surface area contributed by atoms with E-state index in [1.165, 1.54) is 0 Å². The lowest BCUT2D eigenvalue weighted by molar-refractivity contribution is 1.22. The standard InChI is InChI=1S/C16H15N3/c1-11(2)19-16-12(3)7-15(10-18-16)14-6-4-5-13(8-14)9-17/h4-8,10H,1H2,2-3H3,(H,18,19). The number of benzene rings is 1. The highest BCUT2D eigenvalue weighted by molar-refractivity contribution is 5.67. The Kier molecular flexibility index (Phi) is 3.63. The fourth-order valence-corrected chi connectivity index (χ4v) is 1.83. The Labute approximate surface area is 113 Å². The number of aryl methyl sites for hydroxylation is 1. The van der Waals surface area contributed by atoms with E-state index in [9.17, 15) is 0 Å². The summed E-state index contributed by atoms with van der Waals surface area (Å²) in [5.74, 6) is 0.813. The van der Waals surface area contributed by atoms with Crippen LogP contribution in [0, 0.1) is 18.3 Å². The van der Waals surface area contributed by atoms with Crippen LogP contribution in [0.4, 0.5) is 5.82 Å². The van der Waals surface area contributed by atoms with Crippen molar-refractivity contribution in [2.75, 3.05) is 5.32 Å². The maximum absolute atomic E-state index is 8.92. The Morgan fingerprint density at radius 2 is 2.11 bits per heavy atom. The second-order valence-electron chi connectivity index (χ2n) is 4.49. The molecule has 1 aromatic carbocycles. The Morgan fingerprint density at radius 3 is 2.74 bits per heavy atom. The van der Waals surface area contributed by atoms with Crippen LogP contribution in [0.25, 0.3) is 11.1 Å². The highest BCUT2D eigenvalue weighted by atomic mass is 15.0. The van der Waals surface area contributed by atoms with Gasteiger partial charge >= 0.3 is 0 Å². The third kappa shape index (κ3) is 2.99. The molecule has 3 nitrogen and oxygen atoms in total. The van der Waals surface area contributed by atoms with Crippen LogP contribution in [0.15, 0.2) is 48.8 Å². The van der Waals surface area contributed by atoms with Gasteiger partial charge in [-0.25, -0.2) is 4.98 Å². The van der Waals surface area contributed by atoms with Crippen molar-refractivity contribution < 1.29 is 0 Å². The van der Waals surface area contributed by atoms with Gasteiger partial charge < -0.3 is 5.32 Å². The summed E-state index contributed by atoms with van der Waals surface area (Å²) >= 11 is 0. The van der Waals surface area contributed by atoms with Crippen LogP contribution in [0.2, 0.25) is 0 Å². The van der Waals surface area contributed by atoms with Gasteiger partial charge in [-0.05, 0) is 43.2 Å². The van der Waals surface area contributed by atoms with Crippen LogP contribution < -0.4 is 5.32 Å². The van der Waals surface area contributed by atoms with Crippen LogP contribution in [0.1, 0.15) is 18.1 Å². The van der Waals surface area contributed by atoms with Crippen LogP contribution in [0.5, 0.6) is 0 Å². The van der Waals surface area contributed by atoms with Gasteiger partial charge in [0.2, 0.25) is 0 Å². The Bertz CT molecular complexity index is 666. The van der Waals surface area contributed by atoms with E-state index in [2.05, 4.69) is 29.0 Å². The van der Waals surface area contributed by atoms with Crippen molar-refractivity contribution in [2.24, 2.45) is 0 Å². The molecule has 2 rings (SSSR count). The number of anilines is 1. The number of nitrogens with zero attached hydrogens (tertiary/aromatic N) is 2. The summed E-state index contributed by atoms with van der Waals surface area (Å²) in [6, 6.07) is 11.7. The normalized spacial score (nSPS) is 9.74. The fraction of sp³-hybridized carbons (Fsp3) is 0.125. The molecule has 1 N–H and O–H groups in total. The van der Waals surface area contributed by atoms with Crippen LogP contribution in [-0.4, -0.2) is 4.98 Å². The number of aromatic nitrogens is 1. The predicted octanol–water partition coefficient (Wildman–Crippen LogP) is 3.87. The van der Waals surface area contributed by atoms with Crippen molar-refractivity contribution in [1.82, 2.24) is 4.98 Å². The van der Waals surface area contributed by atoms with Gasteiger partial charge in [-0.2, -0.15) is 5.26 Å². The van der Waals surface area contributed by atoms with Crippen molar-refractivity contribution in [2.45, 2.75) is 13.8 Å². The summed E-state index contributed by atoms with van der Waals surface area (Å²) in [4.78, 5) is 4.40. The molecule has 0 radical (unpaired) electrons. The number of pyridine rings is 1. The lowest BCUT2D eigenvalue weighted by Crippen LogP contribution is -1.99. The highest BCUT2D eigenvalue weighted by Crippen LogP contribution is 2.23. The molecule has 0 aliphatic rings. The molecule has 3 heteroatoms. The number of allylic oxidation sites excluding steroid dienone is 1. The molecule has 2 aromatic rings. The molecule has 0 aliphatic carbocycles. The van der Waals surface area contributed by atoms with Gasteiger partial charge in [-0.1, -0.05) is 18.7 Å². The molecule has 0 spiro atoms. The zero-order valence-corrected chi connectivity index (χ0v) is 11.1. The quantitative estimate of drug-likeness (QED) is 0.898. The summed E-state index contributed by atoms with van der Waals surface area (Å²) < 4.78 is 0. The molecule has 0 bridgehead atoms. The van der Waals surface area contributed by atoms with Crippen LogP contribution >= 0.6 is 0 Å². The molecule has 1 heterocycles. The van der Waals surface area contributed by atoms with Crippen molar-refractivity contribution in [3.63, 3.8) is 0 Å². The molecular formula is C16H15N3. The molecule has 0 unspecified atom stereocenters. The molecule has 1 aromatic heterocycles. The largest absolute Gasteiger partial charge is 0.344 e. The van der Waals surface area contributed by atoms with E-state index in [1.807, 2.05) is 32.0 Å². The minimum Gasteiger partial charge on any atom is -0.344 e. The summed E-state index contributed by atoms with van der Waals surface area (Å²) in [5.41, 5.74) is 4.55. The highest BCUT2D eigenvalue weighted by Gasteiger charge is 2.04. The van der Waals surface area contributed by atoms with Gasteiger partial charge in [-0.15, -0.1) is 0 Å². The lowest BCUT2D eigenvalue weighted by atomic mass is 10.0. The SMILES string of the molecule is C=C(C)Nc1ncc(-c2cccc(C#N)c2)cc1C. The molecule has 0 saturated heterocycles. The van der Waals surface area contributed by atoms with Crippen LogP contribution in [-0.2, 0) is 0 Å². The fourth-order valence-electron chi connectivity index (χ4n) is 1.83. The van der Waals surface area contributed by atoms with Crippen LogP contribution in [0.3, 0.4) is 0 Å². The molecule has 0 fully saturated rings.